The molecule has 96 valence electrons. The van der Waals surface area contributed by atoms with Crippen molar-refractivity contribution < 1.29 is 5.11 Å². The molecule has 16 heavy (non-hydrogen) atoms. The maximum atomic E-state index is 9.15. The normalized spacial score (nSPS) is 32.6. The standard InChI is InChI=1S/C13H27NOS/c1-4-7-14-12-6-5-10(2)8-13(12)16-11(3)9-15/h10-15H,4-9H2,1-3H3. The van der Waals surface area contributed by atoms with Gasteiger partial charge >= 0.3 is 0 Å². The van der Waals surface area contributed by atoms with Gasteiger partial charge in [0.2, 0.25) is 0 Å². The Hall–Kier alpha value is 0.270. The van der Waals surface area contributed by atoms with Gasteiger partial charge in [-0.25, -0.2) is 0 Å². The molecule has 0 radical (unpaired) electrons. The molecule has 4 atom stereocenters. The van der Waals surface area contributed by atoms with E-state index in [-0.39, 0.29) is 0 Å². The molecular formula is C13H27NOS. The fourth-order valence-corrected chi connectivity index (χ4v) is 3.93. The number of hydrogen-bond acceptors (Lipinski definition) is 3. The van der Waals surface area contributed by atoms with Crippen LogP contribution in [0.15, 0.2) is 0 Å². The zero-order valence-electron chi connectivity index (χ0n) is 10.9. The topological polar surface area (TPSA) is 32.3 Å². The molecule has 1 fully saturated rings. The molecular weight excluding hydrogens is 218 g/mol. The van der Waals surface area contributed by atoms with Gasteiger partial charge in [0.1, 0.15) is 0 Å². The van der Waals surface area contributed by atoms with Crippen molar-refractivity contribution in [2.75, 3.05) is 13.2 Å². The lowest BCUT2D eigenvalue weighted by molar-refractivity contribution is 0.295. The third kappa shape index (κ3) is 4.64. The summed E-state index contributed by atoms with van der Waals surface area (Å²) >= 11 is 1.97. The highest BCUT2D eigenvalue weighted by molar-refractivity contribution is 8.00. The zero-order chi connectivity index (χ0) is 12.0. The van der Waals surface area contributed by atoms with Crippen LogP contribution in [-0.4, -0.2) is 34.8 Å². The maximum Gasteiger partial charge on any atom is 0.0547 e. The second kappa shape index (κ2) is 7.57. The Balaban J connectivity index is 2.44. The van der Waals surface area contributed by atoms with Gasteiger partial charge in [0, 0.05) is 16.5 Å². The van der Waals surface area contributed by atoms with Crippen LogP contribution in [0.25, 0.3) is 0 Å². The first-order valence-corrected chi connectivity index (χ1v) is 7.61. The van der Waals surface area contributed by atoms with E-state index >= 15 is 0 Å². The Morgan fingerprint density at radius 2 is 2.19 bits per heavy atom. The van der Waals surface area contributed by atoms with Crippen molar-refractivity contribution in [3.63, 3.8) is 0 Å². The molecule has 4 unspecified atom stereocenters. The van der Waals surface area contributed by atoms with Gasteiger partial charge in [0.05, 0.1) is 6.61 Å². The molecule has 0 aromatic carbocycles. The fourth-order valence-electron chi connectivity index (χ4n) is 2.38. The molecule has 1 rings (SSSR count). The second-order valence-electron chi connectivity index (χ2n) is 5.15. The predicted molar refractivity (Wildman–Crippen MR) is 73.0 cm³/mol. The van der Waals surface area contributed by atoms with Crippen molar-refractivity contribution in [3.8, 4) is 0 Å². The molecule has 1 aliphatic rings. The fraction of sp³-hybridized carbons (Fsp3) is 1.00. The SMILES string of the molecule is CCCNC1CCC(C)CC1SC(C)CO. The Labute approximate surface area is 105 Å². The first-order valence-electron chi connectivity index (χ1n) is 6.67. The summed E-state index contributed by atoms with van der Waals surface area (Å²) in [5.74, 6) is 0.850. The minimum atomic E-state index is 0.302. The van der Waals surface area contributed by atoms with Crippen LogP contribution in [0.1, 0.15) is 46.5 Å². The predicted octanol–water partition coefficient (Wildman–Crippen LogP) is 2.66. The van der Waals surface area contributed by atoms with E-state index in [0.29, 0.717) is 23.1 Å². The van der Waals surface area contributed by atoms with E-state index in [0.717, 1.165) is 12.5 Å². The third-order valence-electron chi connectivity index (χ3n) is 3.37. The molecule has 3 heteroatoms. The van der Waals surface area contributed by atoms with Gasteiger partial charge in [-0.2, -0.15) is 11.8 Å². The van der Waals surface area contributed by atoms with E-state index in [1.807, 2.05) is 11.8 Å². The lowest BCUT2D eigenvalue weighted by Crippen LogP contribution is -2.43. The largest absolute Gasteiger partial charge is 0.395 e. The van der Waals surface area contributed by atoms with Gasteiger partial charge in [-0.05, 0) is 38.1 Å². The summed E-state index contributed by atoms with van der Waals surface area (Å²) in [5.41, 5.74) is 0. The summed E-state index contributed by atoms with van der Waals surface area (Å²) in [6.45, 7) is 8.13. The van der Waals surface area contributed by atoms with Crippen molar-refractivity contribution in [3.05, 3.63) is 0 Å². The lowest BCUT2D eigenvalue weighted by Gasteiger charge is -2.36. The van der Waals surface area contributed by atoms with E-state index in [9.17, 15) is 0 Å². The Morgan fingerprint density at radius 1 is 1.44 bits per heavy atom. The lowest BCUT2D eigenvalue weighted by atomic mass is 9.87. The average molecular weight is 245 g/mol. The summed E-state index contributed by atoms with van der Waals surface area (Å²) in [7, 11) is 0. The highest BCUT2D eigenvalue weighted by atomic mass is 32.2. The van der Waals surface area contributed by atoms with Crippen molar-refractivity contribution in [2.24, 2.45) is 5.92 Å². The van der Waals surface area contributed by atoms with Crippen LogP contribution in [0.4, 0.5) is 0 Å². The molecule has 0 saturated heterocycles. The van der Waals surface area contributed by atoms with Crippen LogP contribution in [-0.2, 0) is 0 Å². The summed E-state index contributed by atoms with van der Waals surface area (Å²) in [6, 6.07) is 0.662. The quantitative estimate of drug-likeness (QED) is 0.754. The molecule has 0 aromatic heterocycles. The summed E-state index contributed by atoms with van der Waals surface area (Å²) in [6.07, 6.45) is 5.16. The maximum absolute atomic E-state index is 9.15. The number of rotatable bonds is 6. The van der Waals surface area contributed by atoms with Gasteiger partial charge < -0.3 is 10.4 Å². The van der Waals surface area contributed by atoms with Crippen LogP contribution in [0.5, 0.6) is 0 Å². The molecule has 0 heterocycles. The molecule has 0 aliphatic heterocycles. The molecule has 0 amide bonds. The first kappa shape index (κ1) is 14.3. The van der Waals surface area contributed by atoms with Gasteiger partial charge in [-0.3, -0.25) is 0 Å². The first-order chi connectivity index (χ1) is 7.67. The Kier molecular flexibility index (Phi) is 6.78. The molecule has 1 aliphatic carbocycles. The van der Waals surface area contributed by atoms with Gasteiger partial charge in [0.25, 0.3) is 0 Å². The second-order valence-corrected chi connectivity index (χ2v) is 6.83. The van der Waals surface area contributed by atoms with Crippen LogP contribution >= 0.6 is 11.8 Å². The monoisotopic (exact) mass is 245 g/mol. The molecule has 2 N–H and O–H groups in total. The molecule has 0 bridgehead atoms. The van der Waals surface area contributed by atoms with E-state index in [2.05, 4.69) is 26.1 Å². The molecule has 0 aromatic rings. The third-order valence-corrected chi connectivity index (χ3v) is 4.86. The van der Waals surface area contributed by atoms with E-state index in [4.69, 9.17) is 5.11 Å². The van der Waals surface area contributed by atoms with Crippen molar-refractivity contribution in [2.45, 2.75) is 63.0 Å². The van der Waals surface area contributed by atoms with Gasteiger partial charge in [-0.15, -0.1) is 0 Å². The van der Waals surface area contributed by atoms with Gasteiger partial charge in [0.15, 0.2) is 0 Å². The highest BCUT2D eigenvalue weighted by Gasteiger charge is 2.29. The molecule has 1 saturated carbocycles. The highest BCUT2D eigenvalue weighted by Crippen LogP contribution is 2.34. The minimum Gasteiger partial charge on any atom is -0.395 e. The average Bonchev–Trinajstić information content (AvgIpc) is 2.28. The van der Waals surface area contributed by atoms with Crippen LogP contribution < -0.4 is 5.32 Å². The minimum absolute atomic E-state index is 0.302. The number of aliphatic hydroxyl groups excluding tert-OH is 1. The van der Waals surface area contributed by atoms with Crippen LogP contribution in [0, 0.1) is 5.92 Å². The number of aliphatic hydroxyl groups is 1. The Bertz CT molecular complexity index is 187. The summed E-state index contributed by atoms with van der Waals surface area (Å²) in [5, 5.41) is 13.9. The zero-order valence-corrected chi connectivity index (χ0v) is 11.7. The number of hydrogen-bond donors (Lipinski definition) is 2. The van der Waals surface area contributed by atoms with Gasteiger partial charge in [-0.1, -0.05) is 20.8 Å². The number of thioether (sulfide) groups is 1. The Morgan fingerprint density at radius 3 is 2.81 bits per heavy atom. The smallest absolute Gasteiger partial charge is 0.0547 e. The number of nitrogens with one attached hydrogen (secondary N) is 1. The van der Waals surface area contributed by atoms with E-state index < -0.39 is 0 Å². The summed E-state index contributed by atoms with van der Waals surface area (Å²) < 4.78 is 0. The summed E-state index contributed by atoms with van der Waals surface area (Å²) in [4.78, 5) is 0. The van der Waals surface area contributed by atoms with E-state index in [1.54, 1.807) is 0 Å². The van der Waals surface area contributed by atoms with Crippen molar-refractivity contribution >= 4 is 11.8 Å². The van der Waals surface area contributed by atoms with Crippen LogP contribution in [0.3, 0.4) is 0 Å². The van der Waals surface area contributed by atoms with Crippen molar-refractivity contribution in [1.29, 1.82) is 0 Å². The van der Waals surface area contributed by atoms with Crippen LogP contribution in [0.2, 0.25) is 0 Å². The van der Waals surface area contributed by atoms with E-state index in [1.165, 1.54) is 25.7 Å². The molecule has 2 nitrogen and oxygen atoms in total. The molecule has 0 spiro atoms. The van der Waals surface area contributed by atoms with Crippen molar-refractivity contribution in [1.82, 2.24) is 5.32 Å².